The van der Waals surface area contributed by atoms with Crippen LogP contribution in [0.25, 0.3) is 0 Å². The number of aryl methyl sites for hydroxylation is 1. The van der Waals surface area contributed by atoms with Crippen LogP contribution in [0.1, 0.15) is 124 Å². The summed E-state index contributed by atoms with van der Waals surface area (Å²) in [5.74, 6) is -3.44. The zero-order valence-corrected chi connectivity index (χ0v) is 47.9. The maximum absolute atomic E-state index is 12.6. The first-order valence-electron chi connectivity index (χ1n) is 24.3. The molecule has 0 radical (unpaired) electrons. The molecule has 2 unspecified atom stereocenters. The van der Waals surface area contributed by atoms with Crippen LogP contribution in [0.2, 0.25) is 0 Å². The van der Waals surface area contributed by atoms with Crippen molar-refractivity contribution in [3.05, 3.63) is 119 Å². The standard InChI is InChI=1S/C19H27F3N2O3.C17H18O4.C8H7FO3.C6H12O2.C4H5Br3O2/c20-19(21,22)15-10-9-11-16(14-15)24-18(27)23-13-8-6-4-2-1-3-5-7-12-17(25)26;1-20-15-9-7-13(8-10-17(18)19)11-16(15)21-12-14-5-3-2-4-6-14;1-12-7-4-5(9)2-3-6(7)8(10)11;1-2-3-4-5-6(7)8;5-1-2(6)3(7)4(8)9/h9-11,14H,1-8,12-13H2,(H,25,26)(H2,23,24,27);2-7,9,11H,8,10,12H2,1H3,(H,18,19);2-4H,1H3,(H,10,11);2-5H2,1H3,(H,7,8);2-3H,1H2,(H,8,9). The Morgan fingerprint density at radius 3 is 1.70 bits per heavy atom. The van der Waals surface area contributed by atoms with Gasteiger partial charge in [-0.05, 0) is 79.3 Å². The molecule has 0 aliphatic rings. The molecule has 0 aliphatic heterocycles. The minimum Gasteiger partial charge on any atom is -0.496 e. The van der Waals surface area contributed by atoms with Crippen LogP contribution in [0.4, 0.5) is 28.0 Å². The molecule has 0 saturated carbocycles. The number of carboxylic acids is 5. The maximum atomic E-state index is 12.6. The predicted molar refractivity (Wildman–Crippen MR) is 296 cm³/mol. The SMILES string of the molecule is CCCCCC(=O)O.COc1cc(F)ccc1C(=O)O.COc1ccc(CCC(=O)O)cc1OCc1ccccc1.O=C(O)C(Br)C(Br)CBr.O=C(O)CCCCCCCCCCNC(=O)Nc1cccc(C(F)(F)F)c1. The lowest BCUT2D eigenvalue weighted by Crippen LogP contribution is -2.29. The summed E-state index contributed by atoms with van der Waals surface area (Å²) in [6.45, 7) is 2.96. The second-order valence-corrected chi connectivity index (χ2v) is 19.3. The number of halogens is 7. The number of nitrogens with one attached hydrogen (secondary N) is 2. The topological polar surface area (TPSA) is 255 Å². The van der Waals surface area contributed by atoms with E-state index in [2.05, 4.69) is 70.1 Å². The number of benzene rings is 4. The lowest BCUT2D eigenvalue weighted by atomic mass is 10.1. The summed E-state index contributed by atoms with van der Waals surface area (Å²) < 4.78 is 66.1. The third kappa shape index (κ3) is 35.9. The minimum atomic E-state index is -4.44. The highest BCUT2D eigenvalue weighted by Crippen LogP contribution is 2.31. The Kier molecular flexibility index (Phi) is 38.9. The van der Waals surface area contributed by atoms with Crippen molar-refractivity contribution in [2.45, 2.75) is 126 Å². The molecule has 7 N–H and O–H groups in total. The first-order chi connectivity index (χ1) is 36.5. The number of unbranched alkanes of at least 4 members (excludes halogenated alkanes) is 9. The zero-order valence-electron chi connectivity index (χ0n) is 43.1. The molecule has 23 heteroatoms. The molecular weight excluding hydrogens is 1220 g/mol. The Bertz CT molecular complexity index is 2350. The third-order valence-corrected chi connectivity index (χ3v) is 14.4. The normalized spacial score (nSPS) is 11.1. The number of urea groups is 1. The average Bonchev–Trinajstić information content (AvgIpc) is 3.39. The van der Waals surface area contributed by atoms with Crippen LogP contribution >= 0.6 is 47.8 Å². The van der Waals surface area contributed by atoms with Gasteiger partial charge in [0.2, 0.25) is 0 Å². The number of hydrogen-bond donors (Lipinski definition) is 7. The van der Waals surface area contributed by atoms with E-state index in [0.717, 1.165) is 112 Å². The van der Waals surface area contributed by atoms with Crippen LogP contribution in [0.5, 0.6) is 17.2 Å². The summed E-state index contributed by atoms with van der Waals surface area (Å²) in [5.41, 5.74) is 1.24. The van der Waals surface area contributed by atoms with Crippen molar-refractivity contribution in [2.24, 2.45) is 0 Å². The van der Waals surface area contributed by atoms with E-state index < -0.39 is 58.3 Å². The molecule has 0 spiro atoms. The zero-order chi connectivity index (χ0) is 58.2. The van der Waals surface area contributed by atoms with Gasteiger partial charge in [0.25, 0.3) is 0 Å². The molecular formula is C54H69Br3F4N2O14. The van der Waals surface area contributed by atoms with Crippen molar-refractivity contribution in [1.29, 1.82) is 0 Å². The monoisotopic (exact) mass is 1280 g/mol. The van der Waals surface area contributed by atoms with Gasteiger partial charge in [0.1, 0.15) is 28.6 Å². The van der Waals surface area contributed by atoms with E-state index in [1.807, 2.05) is 42.5 Å². The Morgan fingerprint density at radius 2 is 1.19 bits per heavy atom. The van der Waals surface area contributed by atoms with Crippen molar-refractivity contribution in [1.82, 2.24) is 5.32 Å². The number of rotatable bonds is 28. The van der Waals surface area contributed by atoms with Gasteiger partial charge in [0, 0.05) is 47.7 Å². The molecule has 2 atom stereocenters. The lowest BCUT2D eigenvalue weighted by molar-refractivity contribution is -0.138. The van der Waals surface area contributed by atoms with Crippen molar-refractivity contribution in [2.75, 3.05) is 31.4 Å². The second kappa shape index (κ2) is 42.1. The summed E-state index contributed by atoms with van der Waals surface area (Å²) >= 11 is 9.30. The first-order valence-corrected chi connectivity index (χ1v) is 27.3. The largest absolute Gasteiger partial charge is 0.496 e. The number of anilines is 1. The molecule has 77 heavy (non-hydrogen) atoms. The first kappa shape index (κ1) is 71.1. The van der Waals surface area contributed by atoms with Crippen LogP contribution < -0.4 is 24.8 Å². The highest BCUT2D eigenvalue weighted by atomic mass is 79.9. The molecule has 0 aromatic heterocycles. The molecule has 4 aromatic rings. The van der Waals surface area contributed by atoms with E-state index in [4.69, 9.17) is 35.0 Å². The number of carboxylic acid groups (broad SMARTS) is 5. The summed E-state index contributed by atoms with van der Waals surface area (Å²) in [5, 5.41) is 48.0. The van der Waals surface area contributed by atoms with Gasteiger partial charge in [-0.2, -0.15) is 13.2 Å². The number of ether oxygens (including phenoxy) is 3. The van der Waals surface area contributed by atoms with Crippen LogP contribution in [0, 0.1) is 5.82 Å². The number of amides is 2. The minimum absolute atomic E-state index is 0.0301. The summed E-state index contributed by atoms with van der Waals surface area (Å²) in [4.78, 5) is 62.7. The van der Waals surface area contributed by atoms with Gasteiger partial charge in [-0.3, -0.25) is 19.2 Å². The Morgan fingerprint density at radius 1 is 0.623 bits per heavy atom. The summed E-state index contributed by atoms with van der Waals surface area (Å²) in [6, 6.07) is 22.6. The number of carbonyl (C=O) groups excluding carboxylic acids is 1. The van der Waals surface area contributed by atoms with Gasteiger partial charge >= 0.3 is 42.1 Å². The Hall–Kier alpha value is -5.94. The van der Waals surface area contributed by atoms with Crippen LogP contribution in [0.3, 0.4) is 0 Å². The van der Waals surface area contributed by atoms with Crippen molar-refractivity contribution >= 4 is 89.4 Å². The predicted octanol–water partition coefficient (Wildman–Crippen LogP) is 13.9. The number of aromatic carboxylic acids is 1. The van der Waals surface area contributed by atoms with Gasteiger partial charge in [-0.25, -0.2) is 14.0 Å². The van der Waals surface area contributed by atoms with Crippen molar-refractivity contribution in [3.63, 3.8) is 0 Å². The van der Waals surface area contributed by atoms with E-state index in [-0.39, 0.29) is 34.7 Å². The molecule has 0 heterocycles. The number of alkyl halides is 6. The smallest absolute Gasteiger partial charge is 0.416 e. The highest BCUT2D eigenvalue weighted by Gasteiger charge is 2.30. The van der Waals surface area contributed by atoms with Gasteiger partial charge in [0.05, 0.1) is 19.8 Å². The lowest BCUT2D eigenvalue weighted by Gasteiger charge is -2.12. The molecule has 2 amide bonds. The van der Waals surface area contributed by atoms with Crippen molar-refractivity contribution in [3.8, 4) is 17.2 Å². The van der Waals surface area contributed by atoms with E-state index in [1.165, 1.54) is 19.2 Å². The second-order valence-electron chi connectivity index (χ2n) is 16.5. The van der Waals surface area contributed by atoms with E-state index in [1.54, 1.807) is 13.2 Å². The molecule has 4 rings (SSSR count). The summed E-state index contributed by atoms with van der Waals surface area (Å²) in [7, 11) is 2.88. The Balaban J connectivity index is 0.00000102. The Labute approximate surface area is 471 Å². The molecule has 0 saturated heterocycles. The van der Waals surface area contributed by atoms with Crippen LogP contribution in [-0.2, 0) is 38.4 Å². The van der Waals surface area contributed by atoms with E-state index >= 15 is 0 Å². The molecule has 0 bridgehead atoms. The highest BCUT2D eigenvalue weighted by molar-refractivity contribution is 9.13. The number of aliphatic carboxylic acids is 4. The number of methoxy groups -OCH3 is 2. The maximum Gasteiger partial charge on any atom is 0.416 e. The molecule has 0 fully saturated rings. The van der Waals surface area contributed by atoms with Crippen LogP contribution in [0.15, 0.2) is 91.0 Å². The molecule has 4 aromatic carbocycles. The van der Waals surface area contributed by atoms with Crippen LogP contribution in [-0.4, -0.2) is 97.2 Å². The van der Waals surface area contributed by atoms with Gasteiger partial charge in [-0.15, -0.1) is 0 Å². The summed E-state index contributed by atoms with van der Waals surface area (Å²) in [6.07, 6.45) is 7.27. The third-order valence-electron chi connectivity index (χ3n) is 10.2. The number of carbonyl (C=O) groups is 6. The fourth-order valence-corrected chi connectivity index (χ4v) is 7.48. The van der Waals surface area contributed by atoms with E-state index in [0.29, 0.717) is 42.8 Å². The van der Waals surface area contributed by atoms with Gasteiger partial charge < -0.3 is 50.4 Å². The average molecular weight is 1290 g/mol. The van der Waals surface area contributed by atoms with E-state index in [9.17, 15) is 46.3 Å². The van der Waals surface area contributed by atoms with Crippen molar-refractivity contribution < 1.29 is 86.1 Å². The molecule has 428 valence electrons. The number of hydrogen-bond acceptors (Lipinski definition) is 9. The quantitative estimate of drug-likeness (QED) is 0.0159. The van der Waals surface area contributed by atoms with Gasteiger partial charge in [0.15, 0.2) is 11.5 Å². The fraction of sp³-hybridized carbons (Fsp3) is 0.444. The fourth-order valence-electron chi connectivity index (χ4n) is 6.19. The molecule has 0 aliphatic carbocycles. The van der Waals surface area contributed by atoms with Gasteiger partial charge in [-0.1, -0.05) is 149 Å². The molecule has 16 nitrogen and oxygen atoms in total.